The van der Waals surface area contributed by atoms with Crippen LogP contribution >= 0.6 is 0 Å². The van der Waals surface area contributed by atoms with Gasteiger partial charge in [-0.3, -0.25) is 14.4 Å². The average Bonchev–Trinajstić information content (AvgIpc) is 1.70. The van der Waals surface area contributed by atoms with E-state index in [9.17, 15) is 0 Å². The molecule has 0 fully saturated rings. The van der Waals surface area contributed by atoms with Crippen molar-refractivity contribution in [2.45, 2.75) is 0 Å². The van der Waals surface area contributed by atoms with E-state index >= 15 is 0 Å². The molecule has 0 aromatic rings. The molecule has 0 aliphatic carbocycles. The van der Waals surface area contributed by atoms with Gasteiger partial charge in [-0.2, -0.15) is 0 Å². The summed E-state index contributed by atoms with van der Waals surface area (Å²) in [6, 6.07) is 0. The van der Waals surface area contributed by atoms with Gasteiger partial charge in [0, 0.05) is 0 Å². The van der Waals surface area contributed by atoms with Crippen LogP contribution in [-0.2, 0) is 14.4 Å². The third-order valence-corrected chi connectivity index (χ3v) is 0. The Hall–Kier alpha value is 1.44. The summed E-state index contributed by atoms with van der Waals surface area (Å²) in [6.45, 7) is -0.750. The fourth-order valence-corrected chi connectivity index (χ4v) is 0. The van der Waals surface area contributed by atoms with Gasteiger partial charge in [-0.1, -0.05) is 0 Å². The molecule has 0 rings (SSSR count). The van der Waals surface area contributed by atoms with Crippen LogP contribution in [0.15, 0.2) is 0 Å². The first kappa shape index (κ1) is 37.6. The quantitative estimate of drug-likeness (QED) is 0.296. The van der Waals surface area contributed by atoms with Gasteiger partial charge in [-0.25, -0.2) is 0 Å². The van der Waals surface area contributed by atoms with Crippen LogP contribution in [0.25, 0.3) is 0 Å². The van der Waals surface area contributed by atoms with Gasteiger partial charge in [-0.15, -0.1) is 0 Å². The van der Waals surface area contributed by atoms with E-state index in [0.717, 1.165) is 0 Å². The molecule has 0 aliphatic rings. The van der Waals surface area contributed by atoms with Gasteiger partial charge in [-0.05, 0) is 0 Å². The van der Waals surface area contributed by atoms with E-state index in [2.05, 4.69) is 0 Å². The van der Waals surface area contributed by atoms with Gasteiger partial charge >= 0.3 is 90.3 Å². The molecule has 0 heterocycles. The molecule has 0 aliphatic heterocycles. The first-order valence-electron chi connectivity index (χ1n) is 1.48. The number of rotatable bonds is 0. The standard InChI is InChI=1S/3CH2O2.Ca.Mg.Na.5H/c3*2-1-3;;;;;;;;/h3*1H,(H,2,3);;;;;;;;. The van der Waals surface area contributed by atoms with Crippen LogP contribution in [0.4, 0.5) is 0 Å². The van der Waals surface area contributed by atoms with E-state index in [1.54, 1.807) is 0 Å². The molecule has 0 unspecified atom stereocenters. The zero-order valence-corrected chi connectivity index (χ0v) is 4.30. The first-order valence-corrected chi connectivity index (χ1v) is 1.48. The minimum atomic E-state index is -0.250. The van der Waals surface area contributed by atoms with Crippen molar-refractivity contribution in [3.63, 3.8) is 0 Å². The molecule has 0 aromatic heterocycles. The van der Waals surface area contributed by atoms with Crippen LogP contribution in [0.2, 0.25) is 0 Å². The molecule has 3 N–H and O–H groups in total. The van der Waals surface area contributed by atoms with Gasteiger partial charge in [0.25, 0.3) is 19.4 Å². The summed E-state index contributed by atoms with van der Waals surface area (Å²) in [4.78, 5) is 25.1. The minimum absolute atomic E-state index is 0. The van der Waals surface area contributed by atoms with Crippen molar-refractivity contribution in [2.24, 2.45) is 0 Å². The third kappa shape index (κ3) is 604. The van der Waals surface area contributed by atoms with Gasteiger partial charge in [0.15, 0.2) is 0 Å². The summed E-state index contributed by atoms with van der Waals surface area (Å²) >= 11 is 0. The molecule has 0 atom stereocenters. The van der Waals surface area contributed by atoms with Crippen LogP contribution < -0.4 is 0 Å². The van der Waals surface area contributed by atoms with Crippen LogP contribution in [0.3, 0.4) is 0 Å². The molecule has 0 spiro atoms. The Morgan fingerprint density at radius 3 is 0.750 bits per heavy atom. The van der Waals surface area contributed by atoms with E-state index in [-0.39, 0.29) is 110 Å². The second kappa shape index (κ2) is 82.7. The molecular weight excluding hydrogens is 219 g/mol. The maximum atomic E-state index is 8.36. The summed E-state index contributed by atoms with van der Waals surface area (Å²) in [5.74, 6) is 0. The number of carbonyl (C=O) groups is 3. The second-order valence-corrected chi connectivity index (χ2v) is 0.316. The Kier molecular flexibility index (Phi) is 259. The predicted octanol–water partition coefficient (Wildman–Crippen LogP) is -3.38. The van der Waals surface area contributed by atoms with E-state index in [1.165, 1.54) is 0 Å². The van der Waals surface area contributed by atoms with Crippen molar-refractivity contribution in [3.8, 4) is 0 Å². The number of carboxylic acid groups (broad SMARTS) is 3. The van der Waals surface area contributed by atoms with Crippen molar-refractivity contribution in [2.75, 3.05) is 0 Å². The van der Waals surface area contributed by atoms with Crippen molar-refractivity contribution >= 4 is 110 Å². The van der Waals surface area contributed by atoms with Crippen molar-refractivity contribution in [3.05, 3.63) is 0 Å². The van der Waals surface area contributed by atoms with Crippen molar-refractivity contribution < 1.29 is 29.7 Å². The zero-order valence-electron chi connectivity index (χ0n) is 4.30. The Bertz CT molecular complexity index is 59.5. The van der Waals surface area contributed by atoms with Crippen LogP contribution in [0.5, 0.6) is 0 Å². The molecule has 0 aromatic carbocycles. The summed E-state index contributed by atoms with van der Waals surface area (Å²) in [7, 11) is 0. The molecular formula is C3H11CaMgNaO6. The molecule has 12 heavy (non-hydrogen) atoms. The van der Waals surface area contributed by atoms with E-state index < -0.39 is 0 Å². The molecule has 0 saturated carbocycles. The maximum absolute atomic E-state index is 8.36. The number of hydrogen-bond acceptors (Lipinski definition) is 3. The van der Waals surface area contributed by atoms with Gasteiger partial charge < -0.3 is 15.3 Å². The van der Waals surface area contributed by atoms with Crippen molar-refractivity contribution in [1.82, 2.24) is 0 Å². The molecule has 0 amide bonds. The molecule has 64 valence electrons. The summed E-state index contributed by atoms with van der Waals surface area (Å²) in [5, 5.41) is 20.7. The molecule has 6 nitrogen and oxygen atoms in total. The molecule has 0 bridgehead atoms. The zero-order chi connectivity index (χ0) is 8.12. The van der Waals surface area contributed by atoms with Gasteiger partial charge in [0.2, 0.25) is 0 Å². The van der Waals surface area contributed by atoms with Gasteiger partial charge in [0.1, 0.15) is 0 Å². The number of hydrogen-bond donors (Lipinski definition) is 3. The Balaban J connectivity index is -0.00000001000. The third-order valence-electron chi connectivity index (χ3n) is 0. The monoisotopic (exact) mass is 230 g/mol. The van der Waals surface area contributed by atoms with Crippen LogP contribution in [0.1, 0.15) is 0 Å². The summed E-state index contributed by atoms with van der Waals surface area (Å²) < 4.78 is 0. The Labute approximate surface area is 137 Å². The second-order valence-electron chi connectivity index (χ2n) is 0.316. The summed E-state index contributed by atoms with van der Waals surface area (Å²) in [5.41, 5.74) is 0. The Morgan fingerprint density at radius 2 is 0.750 bits per heavy atom. The summed E-state index contributed by atoms with van der Waals surface area (Å²) in [6.07, 6.45) is 0. The van der Waals surface area contributed by atoms with E-state index in [0.29, 0.717) is 0 Å². The topological polar surface area (TPSA) is 112 Å². The molecule has 9 heteroatoms. The van der Waals surface area contributed by atoms with E-state index in [4.69, 9.17) is 29.7 Å². The predicted molar refractivity (Wildman–Crippen MR) is 50.3 cm³/mol. The van der Waals surface area contributed by atoms with Gasteiger partial charge in [0.05, 0.1) is 0 Å². The fourth-order valence-electron chi connectivity index (χ4n) is 0. The van der Waals surface area contributed by atoms with Crippen LogP contribution in [-0.4, -0.2) is 125 Å². The molecule has 0 radical (unpaired) electrons. The Morgan fingerprint density at radius 1 is 0.750 bits per heavy atom. The fraction of sp³-hybridized carbons (Fsp3) is 0. The van der Waals surface area contributed by atoms with Crippen molar-refractivity contribution in [1.29, 1.82) is 0 Å². The van der Waals surface area contributed by atoms with Crippen LogP contribution in [0, 0.1) is 0 Å². The SMILES string of the molecule is O=CO.O=CO.O=CO.[CaH2].[MgH2].[NaH]. The first-order chi connectivity index (χ1) is 4.24. The average molecular weight is 230 g/mol. The normalized spacial score (nSPS) is 3.00. The van der Waals surface area contributed by atoms with E-state index in [1.807, 2.05) is 0 Å². The molecule has 0 saturated heterocycles.